The molecule has 0 aliphatic carbocycles. The summed E-state index contributed by atoms with van der Waals surface area (Å²) in [5, 5.41) is 9.04. The first-order valence-electron chi connectivity index (χ1n) is 8.51. The topological polar surface area (TPSA) is 72.8 Å². The van der Waals surface area contributed by atoms with Crippen molar-refractivity contribution in [1.82, 2.24) is 0 Å². The molecule has 0 aliphatic rings. The molecule has 0 saturated carbocycles. The minimum absolute atomic E-state index is 0.0818. The number of hydrogen-bond acceptors (Lipinski definition) is 4. The lowest BCUT2D eigenvalue weighted by Gasteiger charge is -2.19. The zero-order chi connectivity index (χ0) is 20.0. The summed E-state index contributed by atoms with van der Waals surface area (Å²) in [6.07, 6.45) is -0.0818. The lowest BCUT2D eigenvalue weighted by Crippen LogP contribution is -2.26. The normalized spacial score (nSPS) is 11.5. The minimum Gasteiger partial charge on any atom is -0.481 e. The van der Waals surface area contributed by atoms with E-state index in [0.717, 1.165) is 11.1 Å². The SMILES string of the molecule is CC(C)(C)OC(=O)COCc1cc(C#C[Si](C)(C)C)cc(CC(=O)O)c1. The standard InChI is InChI=1S/C20H28O5Si/c1-20(2,3)25-19(23)14-24-13-17-10-15(7-8-26(4,5)6)9-16(11-17)12-18(21)22/h9-11H,12-14H2,1-6H3,(H,21,22). The van der Waals surface area contributed by atoms with Gasteiger partial charge in [0.1, 0.15) is 20.3 Å². The van der Waals surface area contributed by atoms with Crippen LogP contribution in [0.25, 0.3) is 0 Å². The smallest absolute Gasteiger partial charge is 0.332 e. The van der Waals surface area contributed by atoms with Gasteiger partial charge >= 0.3 is 11.9 Å². The molecule has 0 unspecified atom stereocenters. The number of benzene rings is 1. The summed E-state index contributed by atoms with van der Waals surface area (Å²) in [6, 6.07) is 5.43. The molecule has 5 nitrogen and oxygen atoms in total. The molecule has 0 atom stereocenters. The van der Waals surface area contributed by atoms with Crippen LogP contribution in [0.15, 0.2) is 18.2 Å². The molecule has 1 N–H and O–H groups in total. The molecule has 1 aromatic rings. The van der Waals surface area contributed by atoms with E-state index in [1.54, 1.807) is 32.9 Å². The van der Waals surface area contributed by atoms with Crippen LogP contribution < -0.4 is 0 Å². The fourth-order valence-electron chi connectivity index (χ4n) is 2.08. The Kier molecular flexibility index (Phi) is 7.61. The molecule has 0 amide bonds. The first-order chi connectivity index (χ1) is 11.8. The Bertz CT molecular complexity index is 714. The van der Waals surface area contributed by atoms with E-state index in [4.69, 9.17) is 14.6 Å². The van der Waals surface area contributed by atoms with Crippen molar-refractivity contribution in [3.8, 4) is 11.5 Å². The largest absolute Gasteiger partial charge is 0.481 e. The third-order valence-corrected chi connectivity index (χ3v) is 3.77. The van der Waals surface area contributed by atoms with E-state index in [0.29, 0.717) is 5.56 Å². The van der Waals surface area contributed by atoms with Gasteiger partial charge in [0, 0.05) is 5.56 Å². The van der Waals surface area contributed by atoms with Crippen molar-refractivity contribution in [2.75, 3.05) is 6.61 Å². The van der Waals surface area contributed by atoms with E-state index in [1.165, 1.54) is 0 Å². The summed E-state index contributed by atoms with van der Waals surface area (Å²) in [6.45, 7) is 11.9. The molecule has 0 heterocycles. The Hall–Kier alpha value is -2.10. The second kappa shape index (κ2) is 9.02. The number of hydrogen-bond donors (Lipinski definition) is 1. The Morgan fingerprint density at radius 3 is 2.27 bits per heavy atom. The van der Waals surface area contributed by atoms with Gasteiger partial charge in [-0.25, -0.2) is 4.79 Å². The van der Waals surface area contributed by atoms with Crippen LogP contribution >= 0.6 is 0 Å². The summed E-state index contributed by atoms with van der Waals surface area (Å²) in [7, 11) is -1.54. The van der Waals surface area contributed by atoms with Gasteiger partial charge in [0.2, 0.25) is 0 Å². The van der Waals surface area contributed by atoms with Crippen LogP contribution in [0.2, 0.25) is 19.6 Å². The van der Waals surface area contributed by atoms with E-state index in [9.17, 15) is 9.59 Å². The average molecular weight is 377 g/mol. The van der Waals surface area contributed by atoms with Gasteiger partial charge in [0.05, 0.1) is 13.0 Å². The number of carboxylic acids is 1. The third-order valence-electron chi connectivity index (χ3n) is 2.90. The quantitative estimate of drug-likeness (QED) is 0.468. The highest BCUT2D eigenvalue weighted by Crippen LogP contribution is 2.13. The van der Waals surface area contributed by atoms with Crippen molar-refractivity contribution >= 4 is 20.0 Å². The highest BCUT2D eigenvalue weighted by Gasteiger charge is 2.16. The minimum atomic E-state index is -1.54. The van der Waals surface area contributed by atoms with Crippen molar-refractivity contribution in [2.45, 2.75) is 59.0 Å². The molecular formula is C20H28O5Si. The van der Waals surface area contributed by atoms with Gasteiger partial charge in [0.25, 0.3) is 0 Å². The maximum Gasteiger partial charge on any atom is 0.332 e. The Morgan fingerprint density at radius 2 is 1.73 bits per heavy atom. The van der Waals surface area contributed by atoms with E-state index in [2.05, 4.69) is 31.1 Å². The highest BCUT2D eigenvalue weighted by atomic mass is 28.3. The number of rotatable bonds is 6. The molecule has 1 rings (SSSR count). The zero-order valence-electron chi connectivity index (χ0n) is 16.4. The first kappa shape index (κ1) is 21.9. The molecule has 0 radical (unpaired) electrons. The number of esters is 1. The van der Waals surface area contributed by atoms with E-state index < -0.39 is 25.6 Å². The Balaban J connectivity index is 2.86. The molecule has 6 heteroatoms. The van der Waals surface area contributed by atoms with Gasteiger partial charge in [-0.15, -0.1) is 5.54 Å². The van der Waals surface area contributed by atoms with Crippen LogP contribution in [0, 0.1) is 11.5 Å². The van der Waals surface area contributed by atoms with Gasteiger partial charge in [-0.3, -0.25) is 4.79 Å². The predicted molar refractivity (Wildman–Crippen MR) is 104 cm³/mol. The lowest BCUT2D eigenvalue weighted by molar-refractivity contribution is -0.160. The van der Waals surface area contributed by atoms with Crippen molar-refractivity contribution in [3.63, 3.8) is 0 Å². The van der Waals surface area contributed by atoms with Crippen LogP contribution in [0.5, 0.6) is 0 Å². The number of carboxylic acid groups (broad SMARTS) is 1. The molecule has 0 aromatic heterocycles. The fraction of sp³-hybridized carbons (Fsp3) is 0.500. The first-order valence-corrected chi connectivity index (χ1v) is 12.0. The number of carbonyl (C=O) groups excluding carboxylic acids is 1. The summed E-state index contributed by atoms with van der Waals surface area (Å²) in [4.78, 5) is 22.7. The van der Waals surface area contributed by atoms with Gasteiger partial charge < -0.3 is 14.6 Å². The molecule has 0 spiro atoms. The van der Waals surface area contributed by atoms with Crippen LogP contribution in [-0.4, -0.2) is 37.3 Å². The van der Waals surface area contributed by atoms with Gasteiger partial charge in [-0.1, -0.05) is 31.6 Å². The van der Waals surface area contributed by atoms with Crippen molar-refractivity contribution in [2.24, 2.45) is 0 Å². The maximum atomic E-state index is 11.7. The highest BCUT2D eigenvalue weighted by molar-refractivity contribution is 6.83. The monoisotopic (exact) mass is 376 g/mol. The maximum absolute atomic E-state index is 11.7. The second-order valence-corrected chi connectivity index (χ2v) is 12.9. The van der Waals surface area contributed by atoms with Crippen LogP contribution in [0.4, 0.5) is 0 Å². The summed E-state index contributed by atoms with van der Waals surface area (Å²) < 4.78 is 10.6. The van der Waals surface area contributed by atoms with Gasteiger partial charge in [-0.2, -0.15) is 0 Å². The molecule has 142 valence electrons. The van der Waals surface area contributed by atoms with Crippen molar-refractivity contribution < 1.29 is 24.2 Å². The summed E-state index contributed by atoms with van der Waals surface area (Å²) >= 11 is 0. The molecular weight excluding hydrogens is 348 g/mol. The summed E-state index contributed by atoms with van der Waals surface area (Å²) in [5.74, 6) is 1.81. The van der Waals surface area contributed by atoms with Gasteiger partial charge in [-0.05, 0) is 44.0 Å². The molecule has 0 fully saturated rings. The second-order valence-electron chi connectivity index (χ2n) is 8.19. The molecule has 0 saturated heterocycles. The van der Waals surface area contributed by atoms with E-state index in [-0.39, 0.29) is 19.6 Å². The van der Waals surface area contributed by atoms with Crippen molar-refractivity contribution in [1.29, 1.82) is 0 Å². The van der Waals surface area contributed by atoms with Crippen LogP contribution in [0.1, 0.15) is 37.5 Å². The third kappa shape index (κ3) is 10.0. The van der Waals surface area contributed by atoms with Crippen molar-refractivity contribution in [3.05, 3.63) is 34.9 Å². The van der Waals surface area contributed by atoms with Crippen LogP contribution in [0.3, 0.4) is 0 Å². The lowest BCUT2D eigenvalue weighted by atomic mass is 10.0. The molecule has 1 aromatic carbocycles. The number of carbonyl (C=O) groups is 2. The average Bonchev–Trinajstić information content (AvgIpc) is 2.41. The predicted octanol–water partition coefficient (Wildman–Crippen LogP) is 3.40. The van der Waals surface area contributed by atoms with Gasteiger partial charge in [0.15, 0.2) is 0 Å². The molecule has 26 heavy (non-hydrogen) atoms. The zero-order valence-corrected chi connectivity index (χ0v) is 17.4. The molecule has 0 aliphatic heterocycles. The Morgan fingerprint density at radius 1 is 1.12 bits per heavy atom. The molecule has 0 bridgehead atoms. The number of aliphatic carboxylic acids is 1. The van der Waals surface area contributed by atoms with E-state index in [1.807, 2.05) is 6.07 Å². The Labute approximate surface area is 156 Å². The fourth-order valence-corrected chi connectivity index (χ4v) is 2.60. The van der Waals surface area contributed by atoms with Crippen LogP contribution in [-0.2, 0) is 32.1 Å². The number of ether oxygens (including phenoxy) is 2. The van der Waals surface area contributed by atoms with E-state index >= 15 is 0 Å². The summed E-state index contributed by atoms with van der Waals surface area (Å²) in [5.41, 5.74) is 4.93.